The molecule has 1 atom stereocenters. The van der Waals surface area contributed by atoms with Crippen molar-refractivity contribution in [3.63, 3.8) is 0 Å². The molecule has 12 heavy (non-hydrogen) atoms. The van der Waals surface area contributed by atoms with Crippen molar-refractivity contribution in [1.29, 1.82) is 0 Å². The summed E-state index contributed by atoms with van der Waals surface area (Å²) in [6.07, 6.45) is 2.40. The van der Waals surface area contributed by atoms with E-state index in [0.717, 1.165) is 5.75 Å². The molecule has 1 unspecified atom stereocenters. The molecule has 1 rings (SSSR count). The minimum absolute atomic E-state index is 0.698. The molecule has 0 bridgehead atoms. The Labute approximate surface area is 80.4 Å². The maximum absolute atomic E-state index is 4.26. The summed E-state index contributed by atoms with van der Waals surface area (Å²) in [5, 5.41) is 0. The van der Waals surface area contributed by atoms with Crippen molar-refractivity contribution < 1.29 is 0 Å². The van der Waals surface area contributed by atoms with Crippen LogP contribution in [-0.2, 0) is 0 Å². The Hall–Kier alpha value is -0.430. The van der Waals surface area contributed by atoms with Gasteiger partial charge in [-0.2, -0.15) is 12.6 Å². The first-order chi connectivity index (χ1) is 5.88. The second kappa shape index (κ2) is 5.26. The fraction of sp³-hybridized carbons (Fsp3) is 0.455. The minimum atomic E-state index is 0.698. The minimum Gasteiger partial charge on any atom is -0.179 e. The summed E-state index contributed by atoms with van der Waals surface area (Å²) in [7, 11) is 0. The van der Waals surface area contributed by atoms with Crippen LogP contribution in [0.1, 0.15) is 31.2 Å². The van der Waals surface area contributed by atoms with Gasteiger partial charge < -0.3 is 0 Å². The Morgan fingerprint density at radius 3 is 2.42 bits per heavy atom. The molecule has 66 valence electrons. The summed E-state index contributed by atoms with van der Waals surface area (Å²) in [5.74, 6) is 1.68. The molecule has 0 aliphatic carbocycles. The van der Waals surface area contributed by atoms with Gasteiger partial charge in [-0.1, -0.05) is 37.3 Å². The molecule has 0 saturated heterocycles. The lowest BCUT2D eigenvalue weighted by Crippen LogP contribution is -1.97. The van der Waals surface area contributed by atoms with Crippen LogP contribution in [0.3, 0.4) is 0 Å². The van der Waals surface area contributed by atoms with Gasteiger partial charge >= 0.3 is 0 Å². The van der Waals surface area contributed by atoms with Crippen LogP contribution in [0, 0.1) is 0 Å². The average Bonchev–Trinajstić information content (AvgIpc) is 2.15. The van der Waals surface area contributed by atoms with Crippen molar-refractivity contribution in [3.8, 4) is 0 Å². The third kappa shape index (κ3) is 2.56. The molecule has 0 heterocycles. The lowest BCUT2D eigenvalue weighted by molar-refractivity contribution is 0.648. The van der Waals surface area contributed by atoms with Gasteiger partial charge in [0.15, 0.2) is 0 Å². The summed E-state index contributed by atoms with van der Waals surface area (Å²) in [4.78, 5) is 0. The molecule has 0 N–H and O–H groups in total. The van der Waals surface area contributed by atoms with Gasteiger partial charge in [-0.05, 0) is 30.1 Å². The maximum Gasteiger partial charge on any atom is -0.00921 e. The Bertz CT molecular complexity index is 206. The quantitative estimate of drug-likeness (QED) is 0.674. The van der Waals surface area contributed by atoms with E-state index in [1.54, 1.807) is 0 Å². The van der Waals surface area contributed by atoms with Gasteiger partial charge in [-0.3, -0.25) is 0 Å². The highest BCUT2D eigenvalue weighted by Gasteiger charge is 2.06. The summed E-state index contributed by atoms with van der Waals surface area (Å²) in [5.41, 5.74) is 1.45. The predicted molar refractivity (Wildman–Crippen MR) is 57.9 cm³/mol. The highest BCUT2D eigenvalue weighted by Crippen LogP contribution is 2.22. The monoisotopic (exact) mass is 180 g/mol. The van der Waals surface area contributed by atoms with Crippen LogP contribution in [0.15, 0.2) is 30.3 Å². The molecule has 0 nitrogen and oxygen atoms in total. The standard InChI is InChI=1S/C11H16S/c1-2-10(8-9-12)11-6-4-3-5-7-11/h3-7,10,12H,2,8-9H2,1H3. The number of benzene rings is 1. The fourth-order valence-corrected chi connectivity index (χ4v) is 1.80. The van der Waals surface area contributed by atoms with E-state index in [2.05, 4.69) is 49.9 Å². The van der Waals surface area contributed by atoms with Crippen molar-refractivity contribution in [3.05, 3.63) is 35.9 Å². The topological polar surface area (TPSA) is 0 Å². The second-order valence-corrected chi connectivity index (χ2v) is 3.48. The van der Waals surface area contributed by atoms with Crippen LogP contribution in [0.2, 0.25) is 0 Å². The molecule has 1 heteroatoms. The highest BCUT2D eigenvalue weighted by atomic mass is 32.1. The van der Waals surface area contributed by atoms with Gasteiger partial charge in [0.1, 0.15) is 0 Å². The predicted octanol–water partition coefficient (Wildman–Crippen LogP) is 3.50. The Kier molecular flexibility index (Phi) is 4.23. The molecule has 1 aromatic carbocycles. The lowest BCUT2D eigenvalue weighted by Gasteiger charge is -2.13. The van der Waals surface area contributed by atoms with Crippen LogP contribution in [0.5, 0.6) is 0 Å². The van der Waals surface area contributed by atoms with Crippen LogP contribution in [-0.4, -0.2) is 5.75 Å². The summed E-state index contributed by atoms with van der Waals surface area (Å²) in [6, 6.07) is 10.7. The molecule has 0 fully saturated rings. The van der Waals surface area contributed by atoms with Gasteiger partial charge in [0.25, 0.3) is 0 Å². The SMILES string of the molecule is CCC(CCS)c1ccccc1. The first-order valence-corrected chi connectivity index (χ1v) is 5.17. The Balaban J connectivity index is 2.66. The average molecular weight is 180 g/mol. The highest BCUT2D eigenvalue weighted by molar-refractivity contribution is 7.80. The normalized spacial score (nSPS) is 12.8. The summed E-state index contributed by atoms with van der Waals surface area (Å²) >= 11 is 4.26. The van der Waals surface area contributed by atoms with Gasteiger partial charge in [0, 0.05) is 0 Å². The molecule has 0 spiro atoms. The van der Waals surface area contributed by atoms with Crippen molar-refractivity contribution >= 4 is 12.6 Å². The second-order valence-electron chi connectivity index (χ2n) is 3.03. The fourth-order valence-electron chi connectivity index (χ4n) is 1.49. The third-order valence-electron chi connectivity index (χ3n) is 2.24. The number of rotatable bonds is 4. The zero-order valence-electron chi connectivity index (χ0n) is 7.53. The molecular weight excluding hydrogens is 164 g/mol. The van der Waals surface area contributed by atoms with Crippen molar-refractivity contribution in [2.75, 3.05) is 5.75 Å². The Morgan fingerprint density at radius 1 is 1.25 bits per heavy atom. The number of thiol groups is 1. The smallest absolute Gasteiger partial charge is 0.00921 e. The van der Waals surface area contributed by atoms with E-state index in [4.69, 9.17) is 0 Å². The number of hydrogen-bond acceptors (Lipinski definition) is 1. The van der Waals surface area contributed by atoms with Crippen LogP contribution >= 0.6 is 12.6 Å². The summed E-state index contributed by atoms with van der Waals surface area (Å²) < 4.78 is 0. The van der Waals surface area contributed by atoms with Crippen LogP contribution in [0.4, 0.5) is 0 Å². The first kappa shape index (κ1) is 9.66. The third-order valence-corrected chi connectivity index (χ3v) is 2.50. The van der Waals surface area contributed by atoms with E-state index < -0.39 is 0 Å². The first-order valence-electron chi connectivity index (χ1n) is 4.54. The molecule has 0 aliphatic heterocycles. The molecule has 0 aromatic heterocycles. The largest absolute Gasteiger partial charge is 0.179 e. The van der Waals surface area contributed by atoms with E-state index >= 15 is 0 Å². The Morgan fingerprint density at radius 2 is 1.92 bits per heavy atom. The molecule has 1 aromatic rings. The van der Waals surface area contributed by atoms with E-state index in [0.29, 0.717) is 5.92 Å². The van der Waals surface area contributed by atoms with Crippen molar-refractivity contribution in [1.82, 2.24) is 0 Å². The van der Waals surface area contributed by atoms with Crippen molar-refractivity contribution in [2.24, 2.45) is 0 Å². The molecule has 0 amide bonds. The lowest BCUT2D eigenvalue weighted by atomic mass is 9.94. The van der Waals surface area contributed by atoms with Gasteiger partial charge in [-0.25, -0.2) is 0 Å². The summed E-state index contributed by atoms with van der Waals surface area (Å²) in [6.45, 7) is 2.24. The molecule has 0 saturated carbocycles. The molecule has 0 aliphatic rings. The maximum atomic E-state index is 4.26. The van der Waals surface area contributed by atoms with Gasteiger partial charge in [-0.15, -0.1) is 0 Å². The molecule has 0 radical (unpaired) electrons. The van der Waals surface area contributed by atoms with E-state index in [-0.39, 0.29) is 0 Å². The number of hydrogen-bond donors (Lipinski definition) is 1. The molecular formula is C11H16S. The zero-order chi connectivity index (χ0) is 8.81. The zero-order valence-corrected chi connectivity index (χ0v) is 8.43. The van der Waals surface area contributed by atoms with E-state index in [9.17, 15) is 0 Å². The van der Waals surface area contributed by atoms with Gasteiger partial charge in [0.2, 0.25) is 0 Å². The van der Waals surface area contributed by atoms with Crippen molar-refractivity contribution in [2.45, 2.75) is 25.7 Å². The van der Waals surface area contributed by atoms with Crippen LogP contribution < -0.4 is 0 Å². The van der Waals surface area contributed by atoms with E-state index in [1.807, 2.05) is 0 Å². The van der Waals surface area contributed by atoms with Crippen LogP contribution in [0.25, 0.3) is 0 Å². The van der Waals surface area contributed by atoms with E-state index in [1.165, 1.54) is 18.4 Å². The van der Waals surface area contributed by atoms with Gasteiger partial charge in [0.05, 0.1) is 0 Å².